The molecular formula is H3CdO5P. The predicted molar refractivity (Wildman–Crippen MR) is 15.7 cm³/mol. The standard InChI is InChI=1S/Cd.H3O5P/c;1-6(2,3)4-5-6/h;1-3H. The zero-order valence-electron chi connectivity index (χ0n) is 3.31. The molecule has 0 aromatic rings. The fourth-order valence-corrected chi connectivity index (χ4v) is 0.402. The third kappa shape index (κ3) is 2.86. The summed E-state index contributed by atoms with van der Waals surface area (Å²) in [5.41, 5.74) is 0. The van der Waals surface area contributed by atoms with Gasteiger partial charge < -0.3 is 0 Å². The molecule has 0 aromatic carbocycles. The Kier molecular flexibility index (Phi) is 1.82. The molecule has 0 unspecified atom stereocenters. The fourth-order valence-electron chi connectivity index (χ4n) is 0.0447. The second kappa shape index (κ2) is 1.56. The molecule has 1 heterocycles. The fraction of sp³-hybridized carbons (Fsp3) is 0. The largest absolute Gasteiger partial charge is 0 e. The van der Waals surface area contributed by atoms with Crippen LogP contribution in [-0.4, -0.2) is 14.7 Å². The molecule has 1 saturated heterocycles. The Morgan fingerprint density at radius 2 is 1.14 bits per heavy atom. The van der Waals surface area contributed by atoms with Gasteiger partial charge in [-0.15, -0.1) is 0 Å². The first kappa shape index (κ1) is 8.15. The van der Waals surface area contributed by atoms with E-state index in [1.165, 1.54) is 0 Å². The van der Waals surface area contributed by atoms with E-state index in [1.807, 2.05) is 0 Å². The zero-order chi connectivity index (χ0) is 4.86. The monoisotopic (exact) mass is 228 g/mol. The van der Waals surface area contributed by atoms with E-state index >= 15 is 0 Å². The van der Waals surface area contributed by atoms with E-state index in [0.717, 1.165) is 0 Å². The van der Waals surface area contributed by atoms with Crippen molar-refractivity contribution in [3.63, 3.8) is 0 Å². The van der Waals surface area contributed by atoms with Gasteiger partial charge in [-0.1, -0.05) is 0 Å². The molecule has 1 aliphatic rings. The maximum Gasteiger partial charge on any atom is 0 e. The predicted octanol–water partition coefficient (Wildman–Crippen LogP) is -0.949. The molecule has 0 bridgehead atoms. The summed E-state index contributed by atoms with van der Waals surface area (Å²) >= 11 is 0. The number of hydrogen-bond donors (Lipinski definition) is 3. The van der Waals surface area contributed by atoms with Crippen LogP contribution in [0, 0.1) is 0 Å². The minimum atomic E-state index is -4.80. The quantitative estimate of drug-likeness (QED) is 0.215. The summed E-state index contributed by atoms with van der Waals surface area (Å²) in [4.78, 5) is 23.7. The van der Waals surface area contributed by atoms with Crippen molar-refractivity contribution >= 4 is 7.74 Å². The molecule has 0 aliphatic carbocycles. The van der Waals surface area contributed by atoms with Crippen LogP contribution >= 0.6 is 7.74 Å². The number of rotatable bonds is 0. The molecule has 40 valence electrons. The van der Waals surface area contributed by atoms with Crippen LogP contribution in [0.2, 0.25) is 0 Å². The first-order valence-corrected chi connectivity index (χ1v) is 3.06. The molecule has 7 heavy (non-hydrogen) atoms. The Morgan fingerprint density at radius 1 is 1.00 bits per heavy atom. The summed E-state index contributed by atoms with van der Waals surface area (Å²) in [6.07, 6.45) is 0. The molecule has 0 spiro atoms. The van der Waals surface area contributed by atoms with Gasteiger partial charge in [0.2, 0.25) is 0 Å². The van der Waals surface area contributed by atoms with E-state index in [1.54, 1.807) is 0 Å². The molecule has 0 saturated carbocycles. The van der Waals surface area contributed by atoms with Crippen molar-refractivity contribution < 1.29 is 51.3 Å². The second-order valence-corrected chi connectivity index (χ2v) is 2.95. The second-order valence-electron chi connectivity index (χ2n) is 0.982. The van der Waals surface area contributed by atoms with Crippen LogP contribution in [0.15, 0.2) is 0 Å². The average Bonchev–Trinajstić information content (AvgIpc) is 1.73. The van der Waals surface area contributed by atoms with Gasteiger partial charge in [0.25, 0.3) is 0 Å². The summed E-state index contributed by atoms with van der Waals surface area (Å²) in [6.45, 7) is 0. The van der Waals surface area contributed by atoms with Crippen LogP contribution in [0.25, 0.3) is 0 Å². The van der Waals surface area contributed by atoms with E-state index in [0.29, 0.717) is 0 Å². The van der Waals surface area contributed by atoms with Gasteiger partial charge in [0.15, 0.2) is 0 Å². The maximum atomic E-state index is 7.89. The zero-order valence-corrected chi connectivity index (χ0v) is 8.24. The molecule has 1 aliphatic heterocycles. The van der Waals surface area contributed by atoms with Crippen LogP contribution in [0.1, 0.15) is 0 Å². The molecule has 0 amide bonds. The summed E-state index contributed by atoms with van der Waals surface area (Å²) in [5.74, 6) is 0. The van der Waals surface area contributed by atoms with Crippen molar-refractivity contribution in [3.05, 3.63) is 0 Å². The molecule has 1 rings (SSSR count). The van der Waals surface area contributed by atoms with E-state index in [2.05, 4.69) is 9.35 Å². The molecule has 5 nitrogen and oxygen atoms in total. The van der Waals surface area contributed by atoms with Gasteiger partial charge in [-0.3, -0.25) is 0 Å². The SMILES string of the molecule is OP1(O)(O)OO1.[Cd]. The Labute approximate surface area is 59.3 Å². The van der Waals surface area contributed by atoms with E-state index < -0.39 is 7.74 Å². The van der Waals surface area contributed by atoms with Gasteiger partial charge in [0.1, 0.15) is 0 Å². The minimum Gasteiger partial charge on any atom is 0 e. The van der Waals surface area contributed by atoms with Crippen LogP contribution in [0.5, 0.6) is 0 Å². The average molecular weight is 226 g/mol. The summed E-state index contributed by atoms with van der Waals surface area (Å²) in [6, 6.07) is 0. The van der Waals surface area contributed by atoms with Crippen molar-refractivity contribution in [2.75, 3.05) is 0 Å². The molecule has 0 radical (unpaired) electrons. The number of hydrogen-bond acceptors (Lipinski definition) is 5. The summed E-state index contributed by atoms with van der Waals surface area (Å²) in [7, 11) is -4.80. The summed E-state index contributed by atoms with van der Waals surface area (Å²) in [5, 5.41) is 0. The van der Waals surface area contributed by atoms with Crippen LogP contribution in [0.4, 0.5) is 0 Å². The van der Waals surface area contributed by atoms with Gasteiger partial charge in [0, 0.05) is 27.3 Å². The van der Waals surface area contributed by atoms with E-state index in [-0.39, 0.29) is 27.3 Å². The van der Waals surface area contributed by atoms with Crippen molar-refractivity contribution in [1.82, 2.24) is 0 Å². The first-order chi connectivity index (χ1) is 2.47. The molecule has 1 fully saturated rings. The minimum absolute atomic E-state index is 0. The maximum absolute atomic E-state index is 7.89. The molecule has 7 heteroatoms. The van der Waals surface area contributed by atoms with Crippen LogP contribution in [-0.2, 0) is 36.6 Å². The third-order valence-electron chi connectivity index (χ3n) is 0.275. The molecule has 0 aromatic heterocycles. The first-order valence-electron chi connectivity index (χ1n) is 1.13. The van der Waals surface area contributed by atoms with E-state index in [4.69, 9.17) is 14.7 Å². The Bertz CT molecular complexity index is 71.8. The van der Waals surface area contributed by atoms with E-state index in [9.17, 15) is 0 Å². The molecule has 3 N–H and O–H groups in total. The Balaban J connectivity index is 0.000000360. The third-order valence-corrected chi connectivity index (χ3v) is 0.824. The van der Waals surface area contributed by atoms with Crippen molar-refractivity contribution in [1.29, 1.82) is 0 Å². The molecule has 0 atom stereocenters. The normalized spacial score (nSPS) is 36.7. The van der Waals surface area contributed by atoms with Gasteiger partial charge in [0.05, 0.1) is 0 Å². The van der Waals surface area contributed by atoms with Gasteiger partial charge in [-0.25, -0.2) is 0 Å². The molecular weight excluding hydrogens is 223 g/mol. The van der Waals surface area contributed by atoms with Crippen molar-refractivity contribution in [2.45, 2.75) is 0 Å². The Hall–Kier alpha value is 1.15. The Morgan fingerprint density at radius 3 is 1.14 bits per heavy atom. The summed E-state index contributed by atoms with van der Waals surface area (Å²) < 4.78 is 6.76. The van der Waals surface area contributed by atoms with Crippen molar-refractivity contribution in [2.24, 2.45) is 0 Å². The van der Waals surface area contributed by atoms with Gasteiger partial charge in [-0.05, 0) is 0 Å². The smallest absolute Gasteiger partial charge is 0 e. The van der Waals surface area contributed by atoms with Crippen molar-refractivity contribution in [3.8, 4) is 0 Å². The van der Waals surface area contributed by atoms with Crippen LogP contribution in [0.3, 0.4) is 0 Å². The van der Waals surface area contributed by atoms with Gasteiger partial charge in [-0.2, -0.15) is 0 Å². The topological polar surface area (TPSA) is 85.8 Å². The van der Waals surface area contributed by atoms with Crippen LogP contribution < -0.4 is 0 Å². The van der Waals surface area contributed by atoms with Gasteiger partial charge >= 0.3 is 31.8 Å².